The fourth-order valence-corrected chi connectivity index (χ4v) is 6.38. The van der Waals surface area contributed by atoms with E-state index in [1.165, 1.54) is 25.6 Å². The summed E-state index contributed by atoms with van der Waals surface area (Å²) in [6.45, 7) is 4.54. The number of thioether (sulfide) groups is 1. The predicted octanol–water partition coefficient (Wildman–Crippen LogP) is -2.13. The Hall–Kier alpha value is -4.29. The second kappa shape index (κ2) is 12.1. The Morgan fingerprint density at radius 2 is 2.09 bits per heavy atom. The van der Waals surface area contributed by atoms with Gasteiger partial charge in [-0.3, -0.25) is 14.5 Å². The van der Waals surface area contributed by atoms with Crippen molar-refractivity contribution in [1.29, 1.82) is 0 Å². The number of hydrogen-bond donors (Lipinski definition) is 5. The van der Waals surface area contributed by atoms with Crippen molar-refractivity contribution in [3.8, 4) is 0 Å². The number of oxime groups is 1. The molecule has 0 spiro atoms. The van der Waals surface area contributed by atoms with Gasteiger partial charge < -0.3 is 41.5 Å². The van der Waals surface area contributed by atoms with E-state index >= 15 is 0 Å². The van der Waals surface area contributed by atoms with E-state index in [1.54, 1.807) is 0 Å². The van der Waals surface area contributed by atoms with Crippen LogP contribution < -0.4 is 31.4 Å². The number of carbonyl (C=O) groups excluding carboxylic acids is 3. The van der Waals surface area contributed by atoms with Gasteiger partial charge in [-0.05, 0) is 26.8 Å². The van der Waals surface area contributed by atoms with Crippen LogP contribution in [0, 0.1) is 0 Å². The summed E-state index contributed by atoms with van der Waals surface area (Å²) in [5.74, 6) is -4.38. The second-order valence-electron chi connectivity index (χ2n) is 10.5. The molecule has 5 rings (SSSR count). The van der Waals surface area contributed by atoms with Crippen LogP contribution in [0.2, 0.25) is 0 Å². The van der Waals surface area contributed by atoms with E-state index in [9.17, 15) is 29.4 Å². The molecule has 2 aromatic rings. The molecule has 0 aliphatic carbocycles. The zero-order valence-electron chi connectivity index (χ0n) is 23.1. The van der Waals surface area contributed by atoms with E-state index in [0.29, 0.717) is 11.6 Å². The molecule has 16 nitrogen and oxygen atoms in total. The molecule has 0 radical (unpaired) electrons. The smallest absolute Gasteiger partial charge is 0.350 e. The number of nitrogens with zero attached hydrogens (tertiary/aromatic N) is 5. The van der Waals surface area contributed by atoms with Crippen molar-refractivity contribution < 1.29 is 38.8 Å². The number of carbonyl (C=O) groups is 4. The molecule has 2 saturated heterocycles. The van der Waals surface area contributed by atoms with Gasteiger partial charge in [-0.15, -0.1) is 11.8 Å². The van der Waals surface area contributed by atoms with Gasteiger partial charge in [0.15, 0.2) is 24.1 Å². The molecule has 3 unspecified atom stereocenters. The molecule has 6 N–H and O–H groups in total. The van der Waals surface area contributed by atoms with Gasteiger partial charge in [0.2, 0.25) is 17.1 Å². The Morgan fingerprint density at radius 3 is 2.70 bits per heavy atom. The Morgan fingerprint density at radius 1 is 1.35 bits per heavy atom. The molecule has 228 valence electrons. The van der Waals surface area contributed by atoms with Crippen molar-refractivity contribution in [2.24, 2.45) is 5.16 Å². The lowest BCUT2D eigenvalue weighted by Crippen LogP contribution is -2.71. The number of carboxylic acid groups (broad SMARTS) is 2. The molecular weight excluding hydrogens is 602 g/mol. The van der Waals surface area contributed by atoms with E-state index in [4.69, 9.17) is 10.6 Å². The average molecular weight is 632 g/mol. The van der Waals surface area contributed by atoms with Gasteiger partial charge in [-0.2, -0.15) is 9.36 Å². The van der Waals surface area contributed by atoms with Gasteiger partial charge in [0, 0.05) is 53.3 Å². The molecule has 3 aliphatic rings. The monoisotopic (exact) mass is 631 g/mol. The van der Waals surface area contributed by atoms with Gasteiger partial charge in [0.25, 0.3) is 11.8 Å². The molecule has 0 aromatic carbocycles. The third-order valence-electron chi connectivity index (χ3n) is 6.97. The number of nitrogens with one attached hydrogen (secondary N) is 3. The topological polar surface area (TPSA) is 228 Å². The molecule has 0 bridgehead atoms. The van der Waals surface area contributed by atoms with Gasteiger partial charge in [0.1, 0.15) is 11.4 Å². The van der Waals surface area contributed by atoms with E-state index in [-0.39, 0.29) is 29.0 Å². The summed E-state index contributed by atoms with van der Waals surface area (Å²) < 4.78 is 5.75. The first-order valence-corrected chi connectivity index (χ1v) is 15.0. The highest BCUT2D eigenvalue weighted by molar-refractivity contribution is 8.00. The van der Waals surface area contributed by atoms with Crippen LogP contribution >= 0.6 is 23.3 Å². The minimum atomic E-state index is -1.79. The summed E-state index contributed by atoms with van der Waals surface area (Å²) >= 11 is 2.06. The molecule has 0 saturated carbocycles. The first-order valence-electron chi connectivity index (χ1n) is 13.2. The zero-order valence-corrected chi connectivity index (χ0v) is 24.7. The average Bonchev–Trinajstić information content (AvgIpc) is 3.64. The largest absolute Gasteiger partial charge is 0.543 e. The van der Waals surface area contributed by atoms with Crippen molar-refractivity contribution in [3.63, 3.8) is 0 Å². The lowest BCUT2D eigenvalue weighted by Gasteiger charge is -2.50. The van der Waals surface area contributed by atoms with Crippen molar-refractivity contribution in [2.75, 3.05) is 29.9 Å². The van der Waals surface area contributed by atoms with Crippen molar-refractivity contribution in [3.05, 3.63) is 41.6 Å². The quantitative estimate of drug-likeness (QED) is 0.0774. The second-order valence-corrected chi connectivity index (χ2v) is 12.4. The number of rotatable bonds is 11. The van der Waals surface area contributed by atoms with Gasteiger partial charge in [-0.25, -0.2) is 9.36 Å². The van der Waals surface area contributed by atoms with Crippen LogP contribution in [0.1, 0.15) is 26.1 Å². The number of pyridine rings is 1. The van der Waals surface area contributed by atoms with Gasteiger partial charge >= 0.3 is 5.97 Å². The molecule has 18 heteroatoms. The van der Waals surface area contributed by atoms with Gasteiger partial charge in [0.05, 0.1) is 11.7 Å². The third-order valence-corrected chi connectivity index (χ3v) is 8.85. The molecule has 3 atom stereocenters. The van der Waals surface area contributed by atoms with Crippen LogP contribution in [0.15, 0.2) is 41.0 Å². The van der Waals surface area contributed by atoms with E-state index in [2.05, 4.69) is 30.5 Å². The highest BCUT2D eigenvalue weighted by atomic mass is 32.2. The molecule has 2 fully saturated rings. The summed E-state index contributed by atoms with van der Waals surface area (Å²) in [5, 5.41) is 33.7. The van der Waals surface area contributed by atoms with Crippen molar-refractivity contribution >= 4 is 63.6 Å². The van der Waals surface area contributed by atoms with Crippen LogP contribution in [0.4, 0.5) is 10.8 Å². The summed E-state index contributed by atoms with van der Waals surface area (Å²) in [5.41, 5.74) is 4.54. The summed E-state index contributed by atoms with van der Waals surface area (Å²) in [6, 6.07) is 3.05. The lowest BCUT2D eigenvalue weighted by molar-refractivity contribution is -0.689. The SMILES string of the molecule is CC(C)(O/N=C(\C(=O)NC1C(=O)N2C(C(=O)[O-])=C(C[n+]3ccc(NC4CCNC4)cc3)CSC12)c1nsc(N)n1)C(=O)O. The van der Waals surface area contributed by atoms with Crippen LogP contribution in [0.3, 0.4) is 0 Å². The van der Waals surface area contributed by atoms with Gasteiger partial charge in [-0.1, -0.05) is 5.16 Å². The fraction of sp³-hybridized carbons (Fsp3) is 0.440. The minimum Gasteiger partial charge on any atom is -0.543 e. The van der Waals surface area contributed by atoms with Crippen molar-refractivity contribution in [2.45, 2.75) is 49.9 Å². The number of carboxylic acids is 2. The fourth-order valence-electron chi connectivity index (χ4n) is 4.61. The maximum absolute atomic E-state index is 13.2. The number of anilines is 2. The predicted molar refractivity (Wildman–Crippen MR) is 152 cm³/mol. The zero-order chi connectivity index (χ0) is 30.9. The number of fused-ring (bicyclic) bond motifs is 1. The standard InChI is InChI=1S/C25H29N9O7S2/c1-25(2,23(39)40)41-31-15(18-30-24(26)43-32-18)19(35)29-16-20(36)34-17(22(37)38)12(11-42-21(16)34)10-33-7-4-13(5-8-33)28-14-3-6-27-9-14/h4-5,7-8,14,16,21,27H,3,6,9-11H2,1-2H3,(H5,26,29,30,32,35,37,38,39,40)/b31-15-. The van der Waals surface area contributed by atoms with Crippen LogP contribution in [-0.2, 0) is 30.6 Å². The summed E-state index contributed by atoms with van der Waals surface area (Å²) in [6.07, 6.45) is 4.69. The molecule has 3 aliphatic heterocycles. The number of aromatic nitrogens is 3. The highest BCUT2D eigenvalue weighted by Gasteiger charge is 2.53. The normalized spacial score (nSPS) is 22.1. The summed E-state index contributed by atoms with van der Waals surface area (Å²) in [7, 11) is 0. The molecule has 2 amide bonds. The Kier molecular flexibility index (Phi) is 8.52. The summed E-state index contributed by atoms with van der Waals surface area (Å²) in [4.78, 5) is 60.1. The number of hydrogen-bond acceptors (Lipinski definition) is 14. The number of nitrogen functional groups attached to an aromatic ring is 1. The molecule has 43 heavy (non-hydrogen) atoms. The molecule has 5 heterocycles. The Bertz CT molecular complexity index is 1500. The van der Waals surface area contributed by atoms with Crippen LogP contribution in [0.5, 0.6) is 0 Å². The number of β-lactam (4-membered cyclic amide) rings is 1. The van der Waals surface area contributed by atoms with Crippen LogP contribution in [-0.4, -0.2) is 90.7 Å². The lowest BCUT2D eigenvalue weighted by atomic mass is 10.0. The maximum Gasteiger partial charge on any atom is 0.350 e. The number of amides is 2. The first kappa shape index (κ1) is 30.2. The Labute approximate surface area is 253 Å². The van der Waals surface area contributed by atoms with E-state index < -0.39 is 46.5 Å². The minimum absolute atomic E-state index is 0.0212. The number of aliphatic carboxylic acids is 2. The highest BCUT2D eigenvalue weighted by Crippen LogP contribution is 2.40. The third kappa shape index (κ3) is 6.40. The maximum atomic E-state index is 13.2. The van der Waals surface area contributed by atoms with E-state index in [0.717, 1.165) is 41.6 Å². The molecular formula is C25H29N9O7S2. The first-order chi connectivity index (χ1) is 20.4. The van der Waals surface area contributed by atoms with E-state index in [1.807, 2.05) is 29.1 Å². The van der Waals surface area contributed by atoms with Crippen LogP contribution in [0.25, 0.3) is 0 Å². The van der Waals surface area contributed by atoms with Crippen molar-refractivity contribution in [1.82, 2.24) is 24.9 Å². The molecule has 2 aromatic heterocycles. The Balaban J connectivity index is 1.30. The number of nitrogens with two attached hydrogens (primary N) is 1.